The number of nitrogens with one attached hydrogen (secondary N) is 1. The van der Waals surface area contributed by atoms with Crippen molar-refractivity contribution in [1.29, 1.82) is 0 Å². The number of rotatable bonds is 12. The predicted octanol–water partition coefficient (Wildman–Crippen LogP) is 12.5. The van der Waals surface area contributed by atoms with Crippen molar-refractivity contribution in [2.24, 2.45) is 0 Å². The highest BCUT2D eigenvalue weighted by atomic mass is 35.5. The lowest BCUT2D eigenvalue weighted by molar-refractivity contribution is 0.346. The number of hydrogen-bond acceptors (Lipinski definition) is 14. The minimum atomic E-state index is -5.14. The SMILES string of the molecule is COc1cc(-c2ccc(F)cc2)c(Cl)cc1-n1c(=O)ccc2cc(S(=O)(=O)Nc3ccon3)ccc21.COc1cc(-c2ccc(F)cc2)c(Cl)cc1-n1c(=O)ccc2cc(S(=O)(=O)Oc3c(F)c(F)c(F)c(F)c3F)ccc21.Nc1ccon1.P.P. The van der Waals surface area contributed by atoms with E-state index in [-0.39, 0.29) is 69.3 Å². The number of sulfonamides is 1. The lowest BCUT2D eigenvalue weighted by atomic mass is 10.0. The standard InChI is InChI=1S/C28H14ClF6NO5S.C25H17ClFN3O5S.C3H4N2O.2H3P/c1-40-21-11-17(13-2-5-15(30)6-3-13)18(29)12-20(21)36-19-8-7-16(10-14(19)4-9-22(36)37)42(38,39)41-28-26(34)24(32)23(31)25(33)27(28)35;1-34-23-13-19(15-2-5-17(27)6-3-15)20(26)14-22(23)30-21-8-7-18(12-16(21)4-9-25(30)31)36(32,33)29-24-10-11-35-28-24;4-3-1-2-6-5-3;;/h2-12H,1H3;2-14H,1H3,(H,28,29);1-2H,(H2,4,5);2*1H3. The quantitative estimate of drug-likeness (QED) is 0.0381. The number of nitrogens with zero attached hydrogens (tertiary/aromatic N) is 4. The molecule has 30 heteroatoms. The van der Waals surface area contributed by atoms with Crippen molar-refractivity contribution in [2.45, 2.75) is 9.79 Å². The van der Waals surface area contributed by atoms with Crippen molar-refractivity contribution in [3.63, 3.8) is 0 Å². The van der Waals surface area contributed by atoms with E-state index in [1.807, 2.05) is 0 Å². The second-order valence-electron chi connectivity index (χ2n) is 17.3. The third-order valence-electron chi connectivity index (χ3n) is 12.2. The molecule has 86 heavy (non-hydrogen) atoms. The van der Waals surface area contributed by atoms with Crippen molar-refractivity contribution in [3.8, 4) is 50.9 Å². The Kier molecular flexibility index (Phi) is 20.1. The highest BCUT2D eigenvalue weighted by molar-refractivity contribution is 7.92. The largest absolute Gasteiger partial charge is 0.495 e. The molecule has 4 heterocycles. The molecule has 11 aromatic rings. The van der Waals surface area contributed by atoms with E-state index < -0.39 is 71.2 Å². The molecule has 2 unspecified atom stereocenters. The second kappa shape index (κ2) is 26.7. The highest BCUT2D eigenvalue weighted by Gasteiger charge is 2.31. The van der Waals surface area contributed by atoms with E-state index in [4.69, 9.17) is 38.4 Å². The molecule has 0 saturated heterocycles. The molecular formula is C56H41Cl2F7N6O11P2S2. The fourth-order valence-corrected chi connectivity index (χ4v) is 10.8. The molecule has 0 amide bonds. The van der Waals surface area contributed by atoms with Crippen LogP contribution in [-0.2, 0) is 20.1 Å². The fraction of sp³-hybridized carbons (Fsp3) is 0.0357. The Labute approximate surface area is 498 Å². The first kappa shape index (κ1) is 64.8. The number of hydrogen-bond donors (Lipinski definition) is 2. The van der Waals surface area contributed by atoms with E-state index >= 15 is 0 Å². The van der Waals surface area contributed by atoms with Crippen molar-refractivity contribution in [1.82, 2.24) is 19.4 Å². The molecule has 0 fully saturated rings. The number of halogens is 9. The van der Waals surface area contributed by atoms with Gasteiger partial charge >= 0.3 is 10.1 Å². The van der Waals surface area contributed by atoms with Gasteiger partial charge in [-0.3, -0.25) is 23.4 Å². The van der Waals surface area contributed by atoms with Crippen molar-refractivity contribution >= 4 is 96.6 Å². The minimum Gasteiger partial charge on any atom is -0.495 e. The summed E-state index contributed by atoms with van der Waals surface area (Å²) < 4.78 is 176. The third-order valence-corrected chi connectivity index (χ3v) is 15.4. The molecular weight excluding hydrogens is 1260 g/mol. The first-order valence-corrected chi connectivity index (χ1v) is 27.3. The average Bonchev–Trinajstić information content (AvgIpc) is 3.06. The van der Waals surface area contributed by atoms with E-state index in [1.54, 1.807) is 30.3 Å². The van der Waals surface area contributed by atoms with Crippen molar-refractivity contribution < 1.29 is 70.3 Å². The number of pyridine rings is 2. The van der Waals surface area contributed by atoms with Crippen LogP contribution in [0.2, 0.25) is 10.0 Å². The van der Waals surface area contributed by atoms with Gasteiger partial charge in [0.05, 0.1) is 51.6 Å². The predicted molar refractivity (Wildman–Crippen MR) is 317 cm³/mol. The molecule has 0 aliphatic carbocycles. The monoisotopic (exact) mass is 1300 g/mol. The van der Waals surface area contributed by atoms with Gasteiger partial charge in [-0.1, -0.05) is 57.8 Å². The Morgan fingerprint density at radius 3 is 1.36 bits per heavy atom. The van der Waals surface area contributed by atoms with E-state index in [9.17, 15) is 57.2 Å². The Balaban J connectivity index is 0.000000221. The van der Waals surface area contributed by atoms with E-state index in [2.05, 4.69) is 28.3 Å². The average molecular weight is 1300 g/mol. The summed E-state index contributed by atoms with van der Waals surface area (Å²) in [5, 5.41) is 7.94. The number of methoxy groups -OCH3 is 2. The van der Waals surface area contributed by atoms with Crippen molar-refractivity contribution in [3.05, 3.63) is 230 Å². The fourth-order valence-electron chi connectivity index (χ4n) is 8.23. The van der Waals surface area contributed by atoms with Crippen LogP contribution in [-0.4, -0.2) is 50.5 Å². The number of anilines is 2. The molecule has 446 valence electrons. The first-order chi connectivity index (χ1) is 40.0. The molecule has 7 aromatic carbocycles. The molecule has 17 nitrogen and oxygen atoms in total. The van der Waals surface area contributed by atoms with Crippen LogP contribution in [0.5, 0.6) is 17.2 Å². The molecule has 0 spiro atoms. The molecule has 2 atom stereocenters. The summed E-state index contributed by atoms with van der Waals surface area (Å²) >= 11 is 13.1. The van der Waals surface area contributed by atoms with Gasteiger partial charge in [0.25, 0.3) is 21.1 Å². The van der Waals surface area contributed by atoms with Gasteiger partial charge in [0, 0.05) is 46.2 Å². The number of nitrogen functional groups attached to an aromatic ring is 1. The zero-order valence-corrected chi connectivity index (χ0v) is 50.0. The number of aromatic nitrogens is 4. The van der Waals surface area contributed by atoms with Crippen LogP contribution in [0.3, 0.4) is 0 Å². The Bertz CT molecular complexity index is 4660. The lowest BCUT2D eigenvalue weighted by Gasteiger charge is -2.17. The summed E-state index contributed by atoms with van der Waals surface area (Å²) in [6, 6.07) is 33.0. The first-order valence-electron chi connectivity index (χ1n) is 23.6. The van der Waals surface area contributed by atoms with Crippen LogP contribution in [0.1, 0.15) is 0 Å². The summed E-state index contributed by atoms with van der Waals surface area (Å²) in [6.45, 7) is 0. The number of fused-ring (bicyclic) bond motifs is 2. The lowest BCUT2D eigenvalue weighted by Crippen LogP contribution is -2.19. The molecule has 0 aliphatic rings. The Morgan fingerprint density at radius 1 is 0.523 bits per heavy atom. The second-order valence-corrected chi connectivity index (χ2v) is 21.4. The molecule has 3 N–H and O–H groups in total. The van der Waals surface area contributed by atoms with Crippen LogP contribution < -0.4 is 35.2 Å². The van der Waals surface area contributed by atoms with Crippen LogP contribution >= 0.6 is 43.0 Å². The Hall–Kier alpha value is -8.77. The summed E-state index contributed by atoms with van der Waals surface area (Å²) in [5.74, 6) is -14.1. The maximum atomic E-state index is 14.1. The van der Waals surface area contributed by atoms with Gasteiger partial charge in [0.2, 0.25) is 34.8 Å². The summed E-state index contributed by atoms with van der Waals surface area (Å²) in [4.78, 5) is 25.2. The van der Waals surface area contributed by atoms with Gasteiger partial charge in [0.15, 0.2) is 11.6 Å². The normalized spacial score (nSPS) is 11.1. The molecule has 11 rings (SSSR count). The van der Waals surface area contributed by atoms with Crippen LogP contribution in [0.25, 0.3) is 55.4 Å². The zero-order valence-electron chi connectivity index (χ0n) is 44.0. The molecule has 0 radical (unpaired) electrons. The van der Waals surface area contributed by atoms with Gasteiger partial charge in [-0.05, 0) is 108 Å². The molecule has 0 bridgehead atoms. The summed E-state index contributed by atoms with van der Waals surface area (Å²) in [5.41, 5.74) is 7.48. The van der Waals surface area contributed by atoms with Gasteiger partial charge in [-0.25, -0.2) is 30.4 Å². The Morgan fingerprint density at radius 2 is 0.953 bits per heavy atom. The van der Waals surface area contributed by atoms with E-state index in [0.29, 0.717) is 55.4 Å². The number of ether oxygens (including phenoxy) is 2. The maximum absolute atomic E-state index is 14.1. The maximum Gasteiger partial charge on any atom is 0.339 e. The minimum absolute atomic E-state index is 0. The van der Waals surface area contributed by atoms with Gasteiger partial charge in [-0.2, -0.15) is 37.0 Å². The zero-order chi connectivity index (χ0) is 60.4. The smallest absolute Gasteiger partial charge is 0.339 e. The van der Waals surface area contributed by atoms with Gasteiger partial charge in [-0.15, -0.1) is 0 Å². The highest BCUT2D eigenvalue weighted by Crippen LogP contribution is 2.40. The van der Waals surface area contributed by atoms with Crippen LogP contribution in [0, 0.1) is 40.7 Å². The van der Waals surface area contributed by atoms with Gasteiger partial charge in [0.1, 0.15) is 40.6 Å². The van der Waals surface area contributed by atoms with Gasteiger partial charge < -0.3 is 28.4 Å². The summed E-state index contributed by atoms with van der Waals surface area (Å²) in [6.07, 6.45) is 2.67. The van der Waals surface area contributed by atoms with E-state index in [0.717, 1.165) is 28.8 Å². The number of benzene rings is 7. The van der Waals surface area contributed by atoms with Crippen molar-refractivity contribution in [2.75, 3.05) is 24.7 Å². The van der Waals surface area contributed by atoms with Crippen LogP contribution in [0.4, 0.5) is 42.4 Å². The van der Waals surface area contributed by atoms with E-state index in [1.165, 1.54) is 122 Å². The topological polar surface area (TPSA) is 230 Å². The molecule has 4 aromatic heterocycles. The van der Waals surface area contributed by atoms with Crippen LogP contribution in [0.15, 0.2) is 187 Å². The third kappa shape index (κ3) is 13.5. The summed E-state index contributed by atoms with van der Waals surface area (Å²) in [7, 11) is -6.30. The molecule has 0 aliphatic heterocycles. The number of nitrogens with two attached hydrogens (primary N) is 1. The molecule has 0 saturated carbocycles.